The molecule has 1 unspecified atom stereocenters. The number of hydrogen-bond acceptors (Lipinski definition) is 5. The molecule has 0 aliphatic carbocycles. The second kappa shape index (κ2) is 8.35. The number of hydrogen-bond donors (Lipinski definition) is 2. The SMILES string of the molecule is Cc1ccc(-c2nc3scc(C(=O)O)c3c(=O)n2C(C)C(=O)Nc2ccc(F)cc2)cc1. The molecule has 0 saturated carbocycles. The maximum Gasteiger partial charge on any atom is 0.337 e. The summed E-state index contributed by atoms with van der Waals surface area (Å²) >= 11 is 1.06. The van der Waals surface area contributed by atoms with Gasteiger partial charge in [0, 0.05) is 16.6 Å². The molecule has 2 N–H and O–H groups in total. The number of anilines is 1. The monoisotopic (exact) mass is 451 g/mol. The number of carbonyl (C=O) groups excluding carboxylic acids is 1. The Hall–Kier alpha value is -3.85. The Bertz CT molecular complexity index is 1390. The summed E-state index contributed by atoms with van der Waals surface area (Å²) in [4.78, 5) is 42.9. The number of aryl methyl sites for hydroxylation is 1. The minimum atomic E-state index is -1.24. The molecule has 1 atom stereocenters. The van der Waals surface area contributed by atoms with Gasteiger partial charge in [0.05, 0.1) is 10.9 Å². The second-order valence-corrected chi connectivity index (χ2v) is 8.14. The number of amides is 1. The van der Waals surface area contributed by atoms with Gasteiger partial charge in [-0.2, -0.15) is 0 Å². The summed E-state index contributed by atoms with van der Waals surface area (Å²) in [7, 11) is 0. The average Bonchev–Trinajstić information content (AvgIpc) is 3.20. The molecule has 9 heteroatoms. The Morgan fingerprint density at radius 1 is 1.12 bits per heavy atom. The van der Waals surface area contributed by atoms with Crippen molar-refractivity contribution in [2.24, 2.45) is 0 Å². The first-order valence-corrected chi connectivity index (χ1v) is 10.5. The first-order chi connectivity index (χ1) is 15.3. The smallest absolute Gasteiger partial charge is 0.337 e. The van der Waals surface area contributed by atoms with Crippen LogP contribution >= 0.6 is 11.3 Å². The van der Waals surface area contributed by atoms with Gasteiger partial charge >= 0.3 is 5.97 Å². The number of nitrogens with zero attached hydrogens (tertiary/aromatic N) is 2. The van der Waals surface area contributed by atoms with Gasteiger partial charge < -0.3 is 10.4 Å². The number of carboxylic acid groups (broad SMARTS) is 1. The highest BCUT2D eigenvalue weighted by Gasteiger charge is 2.26. The van der Waals surface area contributed by atoms with Crippen molar-refractivity contribution in [1.29, 1.82) is 0 Å². The van der Waals surface area contributed by atoms with Crippen molar-refractivity contribution < 1.29 is 19.1 Å². The largest absolute Gasteiger partial charge is 0.478 e. The first kappa shape index (κ1) is 21.4. The maximum atomic E-state index is 13.5. The van der Waals surface area contributed by atoms with E-state index < -0.39 is 29.3 Å². The van der Waals surface area contributed by atoms with Gasteiger partial charge in [-0.15, -0.1) is 11.3 Å². The fourth-order valence-corrected chi connectivity index (χ4v) is 4.23. The van der Waals surface area contributed by atoms with E-state index in [9.17, 15) is 23.9 Å². The van der Waals surface area contributed by atoms with Gasteiger partial charge in [0.2, 0.25) is 5.91 Å². The molecule has 4 aromatic rings. The van der Waals surface area contributed by atoms with Crippen molar-refractivity contribution in [3.05, 3.63) is 81.2 Å². The van der Waals surface area contributed by atoms with Gasteiger partial charge in [-0.3, -0.25) is 14.2 Å². The van der Waals surface area contributed by atoms with Crippen molar-refractivity contribution in [1.82, 2.24) is 9.55 Å². The number of halogens is 1. The molecule has 162 valence electrons. The molecular weight excluding hydrogens is 433 g/mol. The Labute approximate surface area is 185 Å². The topological polar surface area (TPSA) is 101 Å². The molecule has 2 aromatic heterocycles. The molecule has 2 aromatic carbocycles. The predicted octanol–water partition coefficient (Wildman–Crippen LogP) is 4.47. The van der Waals surface area contributed by atoms with E-state index in [0.717, 1.165) is 16.9 Å². The fourth-order valence-electron chi connectivity index (χ4n) is 3.32. The highest BCUT2D eigenvalue weighted by Crippen LogP contribution is 2.28. The molecular formula is C23H18FN3O4S. The van der Waals surface area contributed by atoms with E-state index in [1.54, 1.807) is 12.1 Å². The van der Waals surface area contributed by atoms with Gasteiger partial charge in [0.15, 0.2) is 0 Å². The molecule has 2 heterocycles. The molecule has 32 heavy (non-hydrogen) atoms. The molecule has 0 bridgehead atoms. The van der Waals surface area contributed by atoms with Crippen LogP contribution in [0, 0.1) is 12.7 Å². The van der Waals surface area contributed by atoms with Crippen LogP contribution in [0.1, 0.15) is 28.9 Å². The van der Waals surface area contributed by atoms with Crippen LogP contribution in [0.2, 0.25) is 0 Å². The van der Waals surface area contributed by atoms with Crippen molar-refractivity contribution >= 4 is 39.1 Å². The average molecular weight is 451 g/mol. The maximum absolute atomic E-state index is 13.5. The molecule has 0 radical (unpaired) electrons. The normalized spacial score (nSPS) is 12.0. The molecule has 0 aliphatic heterocycles. The third kappa shape index (κ3) is 3.90. The van der Waals surface area contributed by atoms with E-state index in [1.165, 1.54) is 41.1 Å². The number of rotatable bonds is 5. The van der Waals surface area contributed by atoms with E-state index in [4.69, 9.17) is 0 Å². The molecule has 4 rings (SSSR count). The van der Waals surface area contributed by atoms with Crippen LogP contribution in [0.25, 0.3) is 21.6 Å². The van der Waals surface area contributed by atoms with Crippen LogP contribution < -0.4 is 10.9 Å². The van der Waals surface area contributed by atoms with Crippen LogP contribution in [0.15, 0.2) is 58.7 Å². The van der Waals surface area contributed by atoms with Crippen molar-refractivity contribution in [2.45, 2.75) is 19.9 Å². The Balaban J connectivity index is 1.88. The van der Waals surface area contributed by atoms with E-state index in [0.29, 0.717) is 11.3 Å². The van der Waals surface area contributed by atoms with Gasteiger partial charge in [-0.25, -0.2) is 14.2 Å². The zero-order valence-electron chi connectivity index (χ0n) is 17.1. The Morgan fingerprint density at radius 3 is 2.41 bits per heavy atom. The van der Waals surface area contributed by atoms with Crippen LogP contribution in [0.4, 0.5) is 10.1 Å². The van der Waals surface area contributed by atoms with Crippen LogP contribution in [0.5, 0.6) is 0 Å². The lowest BCUT2D eigenvalue weighted by Gasteiger charge is -2.19. The summed E-state index contributed by atoms with van der Waals surface area (Å²) < 4.78 is 14.4. The molecule has 1 amide bonds. The zero-order valence-corrected chi connectivity index (χ0v) is 17.9. The molecule has 0 spiro atoms. The van der Waals surface area contributed by atoms with Gasteiger partial charge in [-0.05, 0) is 38.1 Å². The van der Waals surface area contributed by atoms with Crippen LogP contribution in [-0.4, -0.2) is 26.5 Å². The van der Waals surface area contributed by atoms with Crippen LogP contribution in [0.3, 0.4) is 0 Å². The zero-order chi connectivity index (χ0) is 23.0. The third-order valence-corrected chi connectivity index (χ3v) is 5.93. The van der Waals surface area contributed by atoms with Crippen molar-refractivity contribution in [3.8, 4) is 11.4 Å². The van der Waals surface area contributed by atoms with Gasteiger partial charge in [0.1, 0.15) is 22.5 Å². The highest BCUT2D eigenvalue weighted by atomic mass is 32.1. The minimum absolute atomic E-state index is 0.0419. The van der Waals surface area contributed by atoms with Crippen molar-refractivity contribution in [3.63, 3.8) is 0 Å². The number of carboxylic acids is 1. The molecule has 0 saturated heterocycles. The molecule has 0 fully saturated rings. The number of aromatic carboxylic acids is 1. The van der Waals surface area contributed by atoms with Gasteiger partial charge in [0.25, 0.3) is 5.56 Å². The Kier molecular flexibility index (Phi) is 5.58. The molecule has 7 nitrogen and oxygen atoms in total. The number of benzene rings is 2. The lowest BCUT2D eigenvalue weighted by atomic mass is 10.1. The number of aromatic nitrogens is 2. The van der Waals surface area contributed by atoms with Crippen molar-refractivity contribution in [2.75, 3.05) is 5.32 Å². The summed E-state index contributed by atoms with van der Waals surface area (Å²) in [5, 5.41) is 13.5. The predicted molar refractivity (Wildman–Crippen MR) is 121 cm³/mol. The van der Waals surface area contributed by atoms with E-state index in [-0.39, 0.29) is 21.6 Å². The van der Waals surface area contributed by atoms with Crippen LogP contribution in [-0.2, 0) is 4.79 Å². The summed E-state index contributed by atoms with van der Waals surface area (Å²) in [5.41, 5.74) is 1.21. The van der Waals surface area contributed by atoms with Gasteiger partial charge in [-0.1, -0.05) is 29.8 Å². The standard InChI is InChI=1S/C23H18FN3O4S/c1-12-3-5-14(6-4-12)19-26-21-18(17(11-32-21)23(30)31)22(29)27(19)13(2)20(28)25-16-9-7-15(24)8-10-16/h3-11,13H,1-2H3,(H,25,28)(H,30,31). The molecule has 0 aliphatic rings. The fraction of sp³-hybridized carbons (Fsp3) is 0.130. The summed E-state index contributed by atoms with van der Waals surface area (Å²) in [6, 6.07) is 11.5. The third-order valence-electron chi connectivity index (χ3n) is 5.06. The number of carbonyl (C=O) groups is 2. The first-order valence-electron chi connectivity index (χ1n) is 9.66. The van der Waals surface area contributed by atoms with E-state index in [2.05, 4.69) is 10.3 Å². The highest BCUT2D eigenvalue weighted by molar-refractivity contribution is 7.17. The quantitative estimate of drug-likeness (QED) is 0.466. The summed E-state index contributed by atoms with van der Waals surface area (Å²) in [6.45, 7) is 3.45. The van der Waals surface area contributed by atoms with E-state index in [1.807, 2.05) is 19.1 Å². The van der Waals surface area contributed by atoms with E-state index >= 15 is 0 Å². The summed E-state index contributed by atoms with van der Waals surface area (Å²) in [5.74, 6) is -1.96. The number of thiophene rings is 1. The second-order valence-electron chi connectivity index (χ2n) is 7.28. The summed E-state index contributed by atoms with van der Waals surface area (Å²) in [6.07, 6.45) is 0. The lowest BCUT2D eigenvalue weighted by molar-refractivity contribution is -0.118. The number of nitrogens with one attached hydrogen (secondary N) is 1. The lowest BCUT2D eigenvalue weighted by Crippen LogP contribution is -2.33. The Morgan fingerprint density at radius 2 is 1.78 bits per heavy atom. The minimum Gasteiger partial charge on any atom is -0.478 e. The number of fused-ring (bicyclic) bond motifs is 1.